The van der Waals surface area contributed by atoms with Gasteiger partial charge < -0.3 is 11.1 Å². The number of carbonyl (C=O) groups is 1. The number of aromatic nitrogens is 4. The Morgan fingerprint density at radius 2 is 1.74 bits per heavy atom. The lowest BCUT2D eigenvalue weighted by Gasteiger charge is -2.36. The number of sulfonamides is 1. The van der Waals surface area contributed by atoms with Gasteiger partial charge in [-0.2, -0.15) is 18.3 Å². The number of hydrogen-bond acceptors (Lipinski definition) is 7. The van der Waals surface area contributed by atoms with E-state index in [1.54, 1.807) is 24.3 Å². The molecular formula is C32H29F4N7O3S. The molecular weight excluding hydrogens is 638 g/mol. The summed E-state index contributed by atoms with van der Waals surface area (Å²) in [4.78, 5) is 21.7. The van der Waals surface area contributed by atoms with Crippen molar-refractivity contribution in [2.45, 2.75) is 37.4 Å². The molecule has 4 N–H and O–H groups in total. The molecule has 5 aromatic rings. The van der Waals surface area contributed by atoms with Gasteiger partial charge in [-0.3, -0.25) is 9.78 Å². The van der Waals surface area contributed by atoms with Crippen LogP contribution in [0.1, 0.15) is 53.0 Å². The van der Waals surface area contributed by atoms with E-state index in [9.17, 15) is 26.4 Å². The summed E-state index contributed by atoms with van der Waals surface area (Å²) >= 11 is 0. The smallest absolute Gasteiger partial charge is 0.383 e. The van der Waals surface area contributed by atoms with Gasteiger partial charge in [0.15, 0.2) is 5.69 Å². The number of anilines is 2. The first-order valence-corrected chi connectivity index (χ1v) is 16.5. The summed E-state index contributed by atoms with van der Waals surface area (Å²) in [6.07, 6.45) is 3.60. The van der Waals surface area contributed by atoms with Crippen LogP contribution in [0.15, 0.2) is 79.3 Å². The molecule has 0 radical (unpaired) electrons. The molecule has 6 rings (SSSR count). The van der Waals surface area contributed by atoms with E-state index < -0.39 is 44.9 Å². The Balaban J connectivity index is 1.43. The first kappa shape index (κ1) is 32.1. The van der Waals surface area contributed by atoms with Gasteiger partial charge in [-0.1, -0.05) is 25.0 Å². The third-order valence-electron chi connectivity index (χ3n) is 8.12. The molecule has 1 aliphatic rings. The van der Waals surface area contributed by atoms with Crippen molar-refractivity contribution in [2.75, 3.05) is 17.3 Å². The third kappa shape index (κ3) is 6.81. The van der Waals surface area contributed by atoms with Crippen molar-refractivity contribution in [3.63, 3.8) is 0 Å². The maximum atomic E-state index is 15.3. The van der Waals surface area contributed by atoms with Crippen molar-refractivity contribution in [3.8, 4) is 5.69 Å². The van der Waals surface area contributed by atoms with Crippen LogP contribution in [0.4, 0.5) is 29.1 Å². The fourth-order valence-corrected chi connectivity index (χ4v) is 6.64. The second-order valence-corrected chi connectivity index (χ2v) is 13.3. The number of nitrogens with one attached hydrogen (secondary N) is 2. The summed E-state index contributed by atoms with van der Waals surface area (Å²) in [6.45, 7) is 0. The molecule has 1 amide bonds. The molecule has 1 aliphatic carbocycles. The Morgan fingerprint density at radius 1 is 1.00 bits per heavy atom. The molecule has 0 saturated heterocycles. The highest BCUT2D eigenvalue weighted by atomic mass is 32.2. The minimum atomic E-state index is -4.90. The fourth-order valence-electron chi connectivity index (χ4n) is 5.67. The number of amides is 1. The molecule has 0 bridgehead atoms. The maximum Gasteiger partial charge on any atom is 0.435 e. The number of nitrogens with zero attached hydrogens (tertiary/aromatic N) is 4. The number of hydrogen-bond donors (Lipinski definition) is 3. The number of pyridine rings is 2. The highest BCUT2D eigenvalue weighted by molar-refractivity contribution is 7.88. The Kier molecular flexibility index (Phi) is 8.22. The summed E-state index contributed by atoms with van der Waals surface area (Å²) < 4.78 is 85.8. The minimum absolute atomic E-state index is 0.0844. The normalized spacial score (nSPS) is 15.0. The average Bonchev–Trinajstić information content (AvgIpc) is 3.74. The van der Waals surface area contributed by atoms with E-state index >= 15 is 4.39 Å². The molecule has 0 aliphatic heterocycles. The van der Waals surface area contributed by atoms with Crippen molar-refractivity contribution < 1.29 is 30.8 Å². The van der Waals surface area contributed by atoms with Crippen LogP contribution >= 0.6 is 0 Å². The molecule has 47 heavy (non-hydrogen) atoms. The van der Waals surface area contributed by atoms with E-state index in [0.717, 1.165) is 29.8 Å². The molecule has 10 nitrogen and oxygen atoms in total. The van der Waals surface area contributed by atoms with E-state index in [-0.39, 0.29) is 17.2 Å². The quantitative estimate of drug-likeness (QED) is 0.160. The zero-order valence-corrected chi connectivity index (χ0v) is 25.7. The maximum absolute atomic E-state index is 15.3. The molecule has 244 valence electrons. The lowest BCUT2D eigenvalue weighted by atomic mass is 9.79. The van der Waals surface area contributed by atoms with Crippen LogP contribution in [0.2, 0.25) is 0 Å². The zero-order chi connectivity index (χ0) is 33.6. The molecule has 3 heterocycles. The zero-order valence-electron chi connectivity index (χ0n) is 24.9. The lowest BCUT2D eigenvalue weighted by molar-refractivity contribution is -0.141. The van der Waals surface area contributed by atoms with Crippen molar-refractivity contribution in [1.29, 1.82) is 0 Å². The van der Waals surface area contributed by atoms with Gasteiger partial charge in [0.05, 0.1) is 23.2 Å². The monoisotopic (exact) mass is 667 g/mol. The average molecular weight is 668 g/mol. The van der Waals surface area contributed by atoms with Crippen LogP contribution in [0.25, 0.3) is 16.5 Å². The van der Waals surface area contributed by atoms with E-state index in [4.69, 9.17) is 5.73 Å². The summed E-state index contributed by atoms with van der Waals surface area (Å²) in [5.41, 5.74) is 3.30. The van der Waals surface area contributed by atoms with Gasteiger partial charge in [0.2, 0.25) is 10.0 Å². The molecule has 2 aromatic carbocycles. The molecule has 1 unspecified atom stereocenters. The Bertz CT molecular complexity index is 2080. The highest BCUT2D eigenvalue weighted by Gasteiger charge is 2.40. The van der Waals surface area contributed by atoms with Crippen LogP contribution in [0.3, 0.4) is 0 Å². The molecule has 3 aromatic heterocycles. The molecule has 1 saturated carbocycles. The van der Waals surface area contributed by atoms with E-state index in [0.29, 0.717) is 46.7 Å². The number of fused-ring (bicyclic) bond motifs is 1. The van der Waals surface area contributed by atoms with E-state index in [1.165, 1.54) is 42.9 Å². The van der Waals surface area contributed by atoms with Gasteiger partial charge in [-0.15, -0.1) is 0 Å². The summed E-state index contributed by atoms with van der Waals surface area (Å²) in [6, 6.07) is 13.8. The summed E-state index contributed by atoms with van der Waals surface area (Å²) in [5, 5.41) is 7.13. The molecule has 1 fully saturated rings. The van der Waals surface area contributed by atoms with E-state index in [2.05, 4.69) is 25.1 Å². The van der Waals surface area contributed by atoms with Crippen LogP contribution in [0, 0.1) is 11.7 Å². The van der Waals surface area contributed by atoms with Crippen molar-refractivity contribution in [2.24, 2.45) is 5.92 Å². The van der Waals surface area contributed by atoms with Crippen molar-refractivity contribution in [1.82, 2.24) is 24.5 Å². The van der Waals surface area contributed by atoms with Crippen LogP contribution in [0.5, 0.6) is 0 Å². The number of alkyl halides is 3. The lowest BCUT2D eigenvalue weighted by Crippen LogP contribution is -2.46. The Labute approximate surface area is 267 Å². The summed E-state index contributed by atoms with van der Waals surface area (Å²) in [7, 11) is -3.84. The number of benzene rings is 2. The minimum Gasteiger partial charge on any atom is -0.383 e. The molecule has 0 spiro atoms. The Morgan fingerprint density at radius 3 is 2.43 bits per heavy atom. The molecule has 1 atom stereocenters. The third-order valence-corrected chi connectivity index (χ3v) is 8.84. The van der Waals surface area contributed by atoms with E-state index in [1.807, 2.05) is 0 Å². The predicted octanol–water partition coefficient (Wildman–Crippen LogP) is 5.79. The van der Waals surface area contributed by atoms with Gasteiger partial charge in [-0.05, 0) is 77.7 Å². The number of rotatable bonds is 10. The Hall–Kier alpha value is -4.89. The number of nitrogens with two attached hydrogens (primary N) is 1. The SMILES string of the molecule is CS(=O)(=O)NC(CCC1CC1)(c1ccncc1)c1ccc(F)c(NC(=O)c2cc(C(F)(F)F)nn2-c2ccc3ccnc(N)c3c2)c1. The largest absolute Gasteiger partial charge is 0.435 e. The van der Waals surface area contributed by atoms with Crippen LogP contribution in [-0.2, 0) is 21.7 Å². The topological polar surface area (TPSA) is 145 Å². The second kappa shape index (κ2) is 12.0. The highest BCUT2D eigenvalue weighted by Crippen LogP contribution is 2.42. The van der Waals surface area contributed by atoms with Crippen LogP contribution in [-0.4, -0.2) is 40.3 Å². The van der Waals surface area contributed by atoms with Crippen molar-refractivity contribution in [3.05, 3.63) is 108 Å². The van der Waals surface area contributed by atoms with Crippen molar-refractivity contribution >= 4 is 38.2 Å². The number of carbonyl (C=O) groups excluding carboxylic acids is 1. The van der Waals surface area contributed by atoms with Gasteiger partial charge >= 0.3 is 6.18 Å². The van der Waals surface area contributed by atoms with Gasteiger partial charge in [0.25, 0.3) is 5.91 Å². The standard InChI is InChI=1S/C32H29F4N7O3S/c1-47(45,46)42-31(12-8-19-2-3-19,21-10-13-38-14-11-21)22-5-7-25(33)26(16-22)40-30(44)27-18-28(32(34,35)36)41-43(27)23-6-4-20-9-15-39-29(37)24(20)17-23/h4-7,9-11,13-19,42H,2-3,8,12H2,1H3,(H2,37,39)(H,40,44). The fraction of sp³-hybridized carbons (Fsp3) is 0.250. The number of nitrogen functional groups attached to an aromatic ring is 1. The van der Waals surface area contributed by atoms with Gasteiger partial charge in [0, 0.05) is 30.0 Å². The second-order valence-electron chi connectivity index (χ2n) is 11.6. The van der Waals surface area contributed by atoms with Gasteiger partial charge in [0.1, 0.15) is 17.3 Å². The first-order valence-electron chi connectivity index (χ1n) is 14.6. The first-order chi connectivity index (χ1) is 22.2. The molecule has 15 heteroatoms. The summed E-state index contributed by atoms with van der Waals surface area (Å²) in [5.74, 6) is -1.45. The number of halogens is 4. The van der Waals surface area contributed by atoms with Crippen LogP contribution < -0.4 is 15.8 Å². The van der Waals surface area contributed by atoms with Gasteiger partial charge in [-0.25, -0.2) is 27.2 Å². The predicted molar refractivity (Wildman–Crippen MR) is 168 cm³/mol.